The molecule has 0 amide bonds. The van der Waals surface area contributed by atoms with Crippen molar-refractivity contribution in [2.24, 2.45) is 0 Å². The zero-order chi connectivity index (χ0) is 12.5. The van der Waals surface area contributed by atoms with E-state index in [0.717, 1.165) is 42.4 Å². The molecule has 0 heterocycles. The Morgan fingerprint density at radius 2 is 1.65 bits per heavy atom. The number of aryl methyl sites for hydroxylation is 2. The molecular formula is C15H20O2. The van der Waals surface area contributed by atoms with Crippen LogP contribution in [0, 0.1) is 13.8 Å². The third-order valence-corrected chi connectivity index (χ3v) is 4.08. The van der Waals surface area contributed by atoms with E-state index < -0.39 is 11.4 Å². The minimum atomic E-state index is -0.644. The van der Waals surface area contributed by atoms with Gasteiger partial charge >= 0.3 is 5.97 Å². The van der Waals surface area contributed by atoms with Crippen LogP contribution in [0.1, 0.15) is 48.8 Å². The van der Waals surface area contributed by atoms with Gasteiger partial charge in [0, 0.05) is 0 Å². The van der Waals surface area contributed by atoms with Crippen LogP contribution in [0.25, 0.3) is 0 Å². The average Bonchev–Trinajstić information content (AvgIpc) is 2.29. The van der Waals surface area contributed by atoms with Crippen molar-refractivity contribution in [2.45, 2.75) is 51.4 Å². The van der Waals surface area contributed by atoms with Gasteiger partial charge in [0.25, 0.3) is 0 Å². The molecule has 0 saturated heterocycles. The highest BCUT2D eigenvalue weighted by Gasteiger charge is 2.42. The SMILES string of the molecule is Cc1cccc(C)c1C1(C(=O)O)CCCCC1. The van der Waals surface area contributed by atoms with Crippen molar-refractivity contribution >= 4 is 5.97 Å². The van der Waals surface area contributed by atoms with Gasteiger partial charge in [0.05, 0.1) is 5.41 Å². The molecule has 1 aliphatic rings. The predicted molar refractivity (Wildman–Crippen MR) is 68.3 cm³/mol. The number of benzene rings is 1. The average molecular weight is 232 g/mol. The van der Waals surface area contributed by atoms with Crippen molar-refractivity contribution in [3.8, 4) is 0 Å². The number of aliphatic carboxylic acids is 1. The first-order valence-corrected chi connectivity index (χ1v) is 6.38. The van der Waals surface area contributed by atoms with Crippen molar-refractivity contribution in [3.05, 3.63) is 34.9 Å². The van der Waals surface area contributed by atoms with Crippen molar-refractivity contribution < 1.29 is 9.90 Å². The fraction of sp³-hybridized carbons (Fsp3) is 0.533. The van der Waals surface area contributed by atoms with Gasteiger partial charge in [0.2, 0.25) is 0 Å². The van der Waals surface area contributed by atoms with Crippen LogP contribution in [-0.4, -0.2) is 11.1 Å². The third-order valence-electron chi connectivity index (χ3n) is 4.08. The van der Waals surface area contributed by atoms with Crippen LogP contribution >= 0.6 is 0 Å². The number of hydrogen-bond acceptors (Lipinski definition) is 1. The fourth-order valence-electron chi connectivity index (χ4n) is 3.30. The summed E-state index contributed by atoms with van der Waals surface area (Å²) in [5.41, 5.74) is 2.67. The molecule has 1 N–H and O–H groups in total. The Bertz CT molecular complexity index is 408. The Labute approximate surface area is 103 Å². The summed E-state index contributed by atoms with van der Waals surface area (Å²) in [5.74, 6) is -0.644. The Kier molecular flexibility index (Phi) is 3.23. The molecule has 0 bridgehead atoms. The van der Waals surface area contributed by atoms with Crippen LogP contribution < -0.4 is 0 Å². The summed E-state index contributed by atoms with van der Waals surface area (Å²) < 4.78 is 0. The van der Waals surface area contributed by atoms with E-state index in [1.807, 2.05) is 32.0 Å². The molecule has 1 aromatic carbocycles. The molecule has 2 nitrogen and oxygen atoms in total. The first kappa shape index (κ1) is 12.2. The smallest absolute Gasteiger partial charge is 0.314 e. The van der Waals surface area contributed by atoms with Gasteiger partial charge < -0.3 is 5.11 Å². The lowest BCUT2D eigenvalue weighted by molar-refractivity contribution is -0.145. The largest absolute Gasteiger partial charge is 0.481 e. The van der Waals surface area contributed by atoms with Crippen molar-refractivity contribution in [1.82, 2.24) is 0 Å². The van der Waals surface area contributed by atoms with Gasteiger partial charge in [-0.1, -0.05) is 37.5 Å². The second kappa shape index (κ2) is 4.52. The molecule has 17 heavy (non-hydrogen) atoms. The summed E-state index contributed by atoms with van der Waals surface area (Å²) in [4.78, 5) is 11.8. The van der Waals surface area contributed by atoms with E-state index in [1.165, 1.54) is 6.42 Å². The topological polar surface area (TPSA) is 37.3 Å². The van der Waals surface area contributed by atoms with E-state index >= 15 is 0 Å². The lowest BCUT2D eigenvalue weighted by atomic mass is 9.67. The second-order valence-corrected chi connectivity index (χ2v) is 5.21. The highest BCUT2D eigenvalue weighted by Crippen LogP contribution is 2.42. The highest BCUT2D eigenvalue weighted by atomic mass is 16.4. The summed E-state index contributed by atoms with van der Waals surface area (Å²) >= 11 is 0. The molecule has 0 aromatic heterocycles. The molecule has 92 valence electrons. The Morgan fingerprint density at radius 1 is 1.12 bits per heavy atom. The summed E-state index contributed by atoms with van der Waals surface area (Å²) in [6.45, 7) is 4.06. The fourth-order valence-corrected chi connectivity index (χ4v) is 3.30. The quantitative estimate of drug-likeness (QED) is 0.846. The van der Waals surface area contributed by atoms with Gasteiger partial charge in [-0.3, -0.25) is 4.79 Å². The molecule has 1 fully saturated rings. The van der Waals surface area contributed by atoms with Crippen LogP contribution in [-0.2, 0) is 10.2 Å². The number of carbonyl (C=O) groups is 1. The summed E-state index contributed by atoms with van der Waals surface area (Å²) in [7, 11) is 0. The summed E-state index contributed by atoms with van der Waals surface area (Å²) in [6.07, 6.45) is 4.79. The van der Waals surface area contributed by atoms with Gasteiger partial charge in [-0.05, 0) is 43.4 Å². The molecule has 1 aliphatic carbocycles. The minimum Gasteiger partial charge on any atom is -0.481 e. The second-order valence-electron chi connectivity index (χ2n) is 5.21. The molecule has 2 rings (SSSR count). The van der Waals surface area contributed by atoms with Crippen LogP contribution in [0.2, 0.25) is 0 Å². The van der Waals surface area contributed by atoms with Gasteiger partial charge in [0.15, 0.2) is 0 Å². The maximum Gasteiger partial charge on any atom is 0.314 e. The lowest BCUT2D eigenvalue weighted by Crippen LogP contribution is -2.39. The van der Waals surface area contributed by atoms with Crippen LogP contribution in [0.4, 0.5) is 0 Å². The maximum absolute atomic E-state index is 11.8. The van der Waals surface area contributed by atoms with E-state index in [1.54, 1.807) is 0 Å². The number of hydrogen-bond donors (Lipinski definition) is 1. The Morgan fingerprint density at radius 3 is 2.12 bits per heavy atom. The van der Waals surface area contributed by atoms with E-state index in [2.05, 4.69) is 0 Å². The van der Waals surface area contributed by atoms with Gasteiger partial charge in [-0.25, -0.2) is 0 Å². The van der Waals surface area contributed by atoms with Gasteiger partial charge in [0.1, 0.15) is 0 Å². The Hall–Kier alpha value is -1.31. The molecule has 0 spiro atoms. The van der Waals surface area contributed by atoms with Crippen LogP contribution in [0.5, 0.6) is 0 Å². The van der Waals surface area contributed by atoms with E-state index in [-0.39, 0.29) is 0 Å². The molecule has 0 radical (unpaired) electrons. The molecule has 2 heteroatoms. The summed E-state index contributed by atoms with van der Waals surface area (Å²) in [6, 6.07) is 6.07. The third kappa shape index (κ3) is 1.97. The van der Waals surface area contributed by atoms with Gasteiger partial charge in [-0.15, -0.1) is 0 Å². The Balaban J connectivity index is 2.56. The van der Waals surface area contributed by atoms with Gasteiger partial charge in [-0.2, -0.15) is 0 Å². The maximum atomic E-state index is 11.8. The molecule has 0 atom stereocenters. The number of carboxylic acid groups (broad SMARTS) is 1. The van der Waals surface area contributed by atoms with Crippen LogP contribution in [0.15, 0.2) is 18.2 Å². The van der Waals surface area contributed by atoms with E-state index in [9.17, 15) is 9.90 Å². The standard InChI is InChI=1S/C15H20O2/c1-11-7-6-8-12(2)13(11)15(14(16)17)9-4-3-5-10-15/h6-8H,3-5,9-10H2,1-2H3,(H,16,17). The number of rotatable bonds is 2. The van der Waals surface area contributed by atoms with Crippen molar-refractivity contribution in [3.63, 3.8) is 0 Å². The van der Waals surface area contributed by atoms with Crippen LogP contribution in [0.3, 0.4) is 0 Å². The van der Waals surface area contributed by atoms with E-state index in [0.29, 0.717) is 0 Å². The molecule has 0 unspecified atom stereocenters. The molecule has 0 aliphatic heterocycles. The first-order valence-electron chi connectivity index (χ1n) is 6.38. The molecular weight excluding hydrogens is 212 g/mol. The predicted octanol–water partition coefficient (Wildman–Crippen LogP) is 3.59. The number of carboxylic acids is 1. The van der Waals surface area contributed by atoms with Crippen molar-refractivity contribution in [2.75, 3.05) is 0 Å². The molecule has 1 aromatic rings. The summed E-state index contributed by atoms with van der Waals surface area (Å²) in [5, 5.41) is 9.69. The first-order chi connectivity index (χ1) is 8.08. The highest BCUT2D eigenvalue weighted by molar-refractivity contribution is 5.82. The molecule has 1 saturated carbocycles. The zero-order valence-electron chi connectivity index (χ0n) is 10.6. The normalized spacial score (nSPS) is 18.9. The van der Waals surface area contributed by atoms with E-state index in [4.69, 9.17) is 0 Å². The zero-order valence-corrected chi connectivity index (χ0v) is 10.6. The lowest BCUT2D eigenvalue weighted by Gasteiger charge is -2.36. The van der Waals surface area contributed by atoms with Crippen molar-refractivity contribution in [1.29, 1.82) is 0 Å². The minimum absolute atomic E-state index is 0.631. The monoisotopic (exact) mass is 232 g/mol.